The van der Waals surface area contributed by atoms with E-state index in [1.54, 1.807) is 61.3 Å². The molecule has 0 amide bonds. The molecule has 0 fully saturated rings. The number of nitrogens with zero attached hydrogens (tertiary/aromatic N) is 2. The molecule has 168 valence electrons. The molecule has 0 unspecified atom stereocenters. The fourth-order valence-corrected chi connectivity index (χ4v) is 4.43. The molecule has 1 heterocycles. The Labute approximate surface area is 200 Å². The topological polar surface area (TPSA) is 70.4 Å². The summed E-state index contributed by atoms with van der Waals surface area (Å²) in [5.74, 6) is 1.24. The van der Waals surface area contributed by atoms with Gasteiger partial charge in [0.2, 0.25) is 0 Å². The van der Waals surface area contributed by atoms with E-state index >= 15 is 0 Å². The van der Waals surface area contributed by atoms with Gasteiger partial charge in [0, 0.05) is 10.6 Å². The molecule has 4 aromatic rings. The summed E-state index contributed by atoms with van der Waals surface area (Å²) in [5, 5.41) is 1.56. The first kappa shape index (κ1) is 22.9. The average Bonchev–Trinajstić information content (AvgIpc) is 2.84. The molecule has 0 aliphatic rings. The van der Waals surface area contributed by atoms with E-state index in [9.17, 15) is 9.59 Å². The summed E-state index contributed by atoms with van der Waals surface area (Å²) in [6.07, 6.45) is 0. The van der Waals surface area contributed by atoms with Crippen molar-refractivity contribution in [1.82, 2.24) is 9.55 Å². The van der Waals surface area contributed by atoms with Crippen molar-refractivity contribution in [2.45, 2.75) is 11.7 Å². The normalized spacial score (nSPS) is 10.9. The second-order valence-electron chi connectivity index (χ2n) is 7.21. The first-order valence-electron chi connectivity index (χ1n) is 10.1. The Morgan fingerprint density at radius 1 is 1.00 bits per heavy atom. The van der Waals surface area contributed by atoms with Gasteiger partial charge in [-0.2, -0.15) is 0 Å². The molecule has 0 saturated carbocycles. The van der Waals surface area contributed by atoms with Crippen molar-refractivity contribution in [3.63, 3.8) is 0 Å². The van der Waals surface area contributed by atoms with Gasteiger partial charge < -0.3 is 9.47 Å². The van der Waals surface area contributed by atoms with E-state index in [0.29, 0.717) is 38.1 Å². The third-order valence-electron chi connectivity index (χ3n) is 5.11. The number of para-hydroxylation sites is 1. The van der Waals surface area contributed by atoms with Gasteiger partial charge in [0.25, 0.3) is 5.56 Å². The number of methoxy groups -OCH3 is 2. The number of hydrogen-bond acceptors (Lipinski definition) is 6. The van der Waals surface area contributed by atoms with Gasteiger partial charge in [-0.15, -0.1) is 0 Å². The first-order valence-corrected chi connectivity index (χ1v) is 11.5. The lowest BCUT2D eigenvalue weighted by molar-refractivity contribution is 0.102. The van der Waals surface area contributed by atoms with Crippen LogP contribution in [0, 0.1) is 0 Å². The molecule has 33 heavy (non-hydrogen) atoms. The minimum absolute atomic E-state index is 0.0725. The number of benzene rings is 3. The van der Waals surface area contributed by atoms with E-state index in [1.165, 1.54) is 11.8 Å². The molecule has 0 atom stereocenters. The highest BCUT2D eigenvalue weighted by atomic mass is 35.5. The van der Waals surface area contributed by atoms with E-state index < -0.39 is 0 Å². The van der Waals surface area contributed by atoms with Crippen LogP contribution in [-0.4, -0.2) is 35.3 Å². The van der Waals surface area contributed by atoms with Crippen molar-refractivity contribution in [3.8, 4) is 11.5 Å². The maximum atomic E-state index is 13.3. The van der Waals surface area contributed by atoms with E-state index in [-0.39, 0.29) is 23.6 Å². The zero-order chi connectivity index (χ0) is 23.4. The summed E-state index contributed by atoms with van der Waals surface area (Å²) >= 11 is 7.15. The summed E-state index contributed by atoms with van der Waals surface area (Å²) in [5.41, 5.74) is 1.82. The molecule has 0 bridgehead atoms. The van der Waals surface area contributed by atoms with Gasteiger partial charge in [0.05, 0.1) is 37.4 Å². The van der Waals surface area contributed by atoms with Crippen molar-refractivity contribution in [2.75, 3.05) is 20.0 Å². The van der Waals surface area contributed by atoms with Crippen LogP contribution in [0.4, 0.5) is 0 Å². The number of halogens is 1. The van der Waals surface area contributed by atoms with Gasteiger partial charge in [-0.05, 0) is 54.1 Å². The molecule has 8 heteroatoms. The molecule has 4 rings (SSSR count). The Bertz CT molecular complexity index is 1370. The van der Waals surface area contributed by atoms with Crippen LogP contribution in [0.15, 0.2) is 76.7 Å². The number of aromatic nitrogens is 2. The van der Waals surface area contributed by atoms with Crippen LogP contribution in [0.25, 0.3) is 10.9 Å². The molecule has 3 aromatic carbocycles. The lowest BCUT2D eigenvalue weighted by atomic mass is 10.1. The van der Waals surface area contributed by atoms with E-state index in [0.717, 1.165) is 5.56 Å². The van der Waals surface area contributed by atoms with Crippen LogP contribution in [0.3, 0.4) is 0 Å². The molecule has 0 saturated heterocycles. The number of ether oxygens (including phenoxy) is 2. The number of rotatable bonds is 8. The summed E-state index contributed by atoms with van der Waals surface area (Å²) < 4.78 is 12.3. The smallest absolute Gasteiger partial charge is 0.262 e. The standard InChI is InChI=1S/C25H21ClN2O4S/c1-31-22-12-7-16(13-23(22)32-2)14-28-24(30)19-5-3-4-6-20(19)27-25(28)33-15-21(29)17-8-10-18(26)11-9-17/h3-13H,14-15H2,1-2H3. The number of carbonyl (C=O) groups is 1. The molecule has 0 aliphatic heterocycles. The van der Waals surface area contributed by atoms with Gasteiger partial charge >= 0.3 is 0 Å². The molecular formula is C25H21ClN2O4S. The van der Waals surface area contributed by atoms with Crippen molar-refractivity contribution in [2.24, 2.45) is 0 Å². The van der Waals surface area contributed by atoms with Gasteiger partial charge in [0.15, 0.2) is 22.4 Å². The Morgan fingerprint density at radius 3 is 2.45 bits per heavy atom. The lowest BCUT2D eigenvalue weighted by Gasteiger charge is -2.14. The molecule has 0 aliphatic carbocycles. The highest BCUT2D eigenvalue weighted by Gasteiger charge is 2.15. The molecule has 0 radical (unpaired) electrons. The van der Waals surface area contributed by atoms with Crippen molar-refractivity contribution in [1.29, 1.82) is 0 Å². The van der Waals surface area contributed by atoms with Crippen LogP contribution in [0.1, 0.15) is 15.9 Å². The van der Waals surface area contributed by atoms with Crippen LogP contribution in [0.5, 0.6) is 11.5 Å². The van der Waals surface area contributed by atoms with Crippen LogP contribution in [0.2, 0.25) is 5.02 Å². The molecule has 1 aromatic heterocycles. The maximum Gasteiger partial charge on any atom is 0.262 e. The summed E-state index contributed by atoms with van der Waals surface area (Å²) in [7, 11) is 3.14. The Balaban J connectivity index is 1.69. The molecular weight excluding hydrogens is 460 g/mol. The fraction of sp³-hybridized carbons (Fsp3) is 0.160. The molecule has 0 spiro atoms. The Morgan fingerprint density at radius 2 is 1.73 bits per heavy atom. The number of ketones is 1. The number of fused-ring (bicyclic) bond motifs is 1. The van der Waals surface area contributed by atoms with Gasteiger partial charge in [0.1, 0.15) is 0 Å². The fourth-order valence-electron chi connectivity index (χ4n) is 3.41. The van der Waals surface area contributed by atoms with E-state index in [2.05, 4.69) is 4.98 Å². The SMILES string of the molecule is COc1ccc(Cn2c(SCC(=O)c3ccc(Cl)cc3)nc3ccccc3c2=O)cc1OC. The summed E-state index contributed by atoms with van der Waals surface area (Å²) in [6, 6.07) is 19.4. The minimum Gasteiger partial charge on any atom is -0.493 e. The summed E-state index contributed by atoms with van der Waals surface area (Å²) in [6.45, 7) is 0.272. The van der Waals surface area contributed by atoms with Crippen LogP contribution >= 0.6 is 23.4 Å². The second-order valence-corrected chi connectivity index (χ2v) is 8.59. The monoisotopic (exact) mass is 480 g/mol. The zero-order valence-corrected chi connectivity index (χ0v) is 19.7. The Kier molecular flexibility index (Phi) is 7.01. The third-order valence-corrected chi connectivity index (χ3v) is 6.34. The van der Waals surface area contributed by atoms with Crippen molar-refractivity contribution >= 4 is 40.0 Å². The molecule has 6 nitrogen and oxygen atoms in total. The molecule has 0 N–H and O–H groups in total. The first-order chi connectivity index (χ1) is 16.0. The predicted octanol–water partition coefficient (Wildman–Crippen LogP) is 5.09. The van der Waals surface area contributed by atoms with E-state index in [4.69, 9.17) is 21.1 Å². The largest absolute Gasteiger partial charge is 0.493 e. The number of thioether (sulfide) groups is 1. The zero-order valence-electron chi connectivity index (χ0n) is 18.1. The highest BCUT2D eigenvalue weighted by molar-refractivity contribution is 7.99. The average molecular weight is 481 g/mol. The van der Waals surface area contributed by atoms with Crippen molar-refractivity contribution in [3.05, 3.63) is 93.2 Å². The van der Waals surface area contributed by atoms with Crippen LogP contribution < -0.4 is 15.0 Å². The number of Topliss-reactive ketones (excluding diaryl/α,β-unsaturated/α-hetero) is 1. The highest BCUT2D eigenvalue weighted by Crippen LogP contribution is 2.28. The second kappa shape index (κ2) is 10.1. The number of hydrogen-bond donors (Lipinski definition) is 0. The van der Waals surface area contributed by atoms with E-state index in [1.807, 2.05) is 24.3 Å². The quantitative estimate of drug-likeness (QED) is 0.199. The lowest BCUT2D eigenvalue weighted by Crippen LogP contribution is -2.24. The maximum absolute atomic E-state index is 13.3. The van der Waals surface area contributed by atoms with Gasteiger partial charge in [-0.25, -0.2) is 4.98 Å². The van der Waals surface area contributed by atoms with Crippen molar-refractivity contribution < 1.29 is 14.3 Å². The van der Waals surface area contributed by atoms with Crippen LogP contribution in [-0.2, 0) is 6.54 Å². The third kappa shape index (κ3) is 5.05. The van der Waals surface area contributed by atoms with Gasteiger partial charge in [-0.3, -0.25) is 14.2 Å². The summed E-state index contributed by atoms with van der Waals surface area (Å²) in [4.78, 5) is 30.7. The minimum atomic E-state index is -0.170. The van der Waals surface area contributed by atoms with Gasteiger partial charge in [-0.1, -0.05) is 41.6 Å². The predicted molar refractivity (Wildman–Crippen MR) is 131 cm³/mol. The Hall–Kier alpha value is -3.29. The number of carbonyl (C=O) groups excluding carboxylic acids is 1.